The second kappa shape index (κ2) is 6.65. The van der Waals surface area contributed by atoms with Gasteiger partial charge in [0.25, 0.3) is 0 Å². The van der Waals surface area contributed by atoms with Crippen molar-refractivity contribution >= 4 is 16.8 Å². The van der Waals surface area contributed by atoms with Gasteiger partial charge in [-0.1, -0.05) is 42.5 Å². The number of rotatable bonds is 5. The Bertz CT molecular complexity index is 836. The topological polar surface area (TPSA) is 46.9 Å². The SMILES string of the molecule is Cc1ccccc1CNC(=O)CCn1ncc2cccc(C)c21. The van der Waals surface area contributed by atoms with E-state index >= 15 is 0 Å². The van der Waals surface area contributed by atoms with E-state index in [2.05, 4.69) is 36.4 Å². The van der Waals surface area contributed by atoms with Crippen LogP contribution in [0.4, 0.5) is 0 Å². The van der Waals surface area contributed by atoms with Crippen LogP contribution in [0.3, 0.4) is 0 Å². The summed E-state index contributed by atoms with van der Waals surface area (Å²) in [5.74, 6) is 0.0467. The molecule has 4 heteroatoms. The third kappa shape index (κ3) is 3.42. The van der Waals surface area contributed by atoms with Crippen LogP contribution >= 0.6 is 0 Å². The summed E-state index contributed by atoms with van der Waals surface area (Å²) in [4.78, 5) is 12.1. The third-order valence-corrected chi connectivity index (χ3v) is 4.15. The molecule has 2 aromatic carbocycles. The lowest BCUT2D eigenvalue weighted by Crippen LogP contribution is -2.24. The molecule has 0 saturated heterocycles. The summed E-state index contributed by atoms with van der Waals surface area (Å²) < 4.78 is 1.91. The van der Waals surface area contributed by atoms with E-state index in [1.165, 1.54) is 11.1 Å². The molecule has 118 valence electrons. The lowest BCUT2D eigenvalue weighted by Gasteiger charge is -2.09. The highest BCUT2D eigenvalue weighted by Crippen LogP contribution is 2.17. The number of carbonyl (C=O) groups excluding carboxylic acids is 1. The molecule has 0 bridgehead atoms. The zero-order chi connectivity index (χ0) is 16.2. The van der Waals surface area contributed by atoms with Crippen LogP contribution in [0.15, 0.2) is 48.7 Å². The van der Waals surface area contributed by atoms with Gasteiger partial charge in [0.1, 0.15) is 0 Å². The van der Waals surface area contributed by atoms with E-state index in [1.807, 2.05) is 41.2 Å². The molecular formula is C19H21N3O. The number of fused-ring (bicyclic) bond motifs is 1. The lowest BCUT2D eigenvalue weighted by molar-refractivity contribution is -0.121. The van der Waals surface area contributed by atoms with E-state index in [9.17, 15) is 4.79 Å². The van der Waals surface area contributed by atoms with Crippen LogP contribution in [0.1, 0.15) is 23.1 Å². The van der Waals surface area contributed by atoms with Crippen molar-refractivity contribution in [3.8, 4) is 0 Å². The summed E-state index contributed by atoms with van der Waals surface area (Å²) in [6.07, 6.45) is 2.28. The smallest absolute Gasteiger partial charge is 0.222 e. The first-order valence-electron chi connectivity index (χ1n) is 7.87. The molecule has 1 N–H and O–H groups in total. The molecule has 0 radical (unpaired) electrons. The van der Waals surface area contributed by atoms with Crippen molar-refractivity contribution in [3.05, 3.63) is 65.4 Å². The quantitative estimate of drug-likeness (QED) is 0.785. The first-order chi connectivity index (χ1) is 11.1. The van der Waals surface area contributed by atoms with Gasteiger partial charge >= 0.3 is 0 Å². The fourth-order valence-electron chi connectivity index (χ4n) is 2.80. The number of amides is 1. The van der Waals surface area contributed by atoms with Crippen molar-refractivity contribution < 1.29 is 4.79 Å². The monoisotopic (exact) mass is 307 g/mol. The summed E-state index contributed by atoms with van der Waals surface area (Å²) in [5, 5.41) is 8.50. The average Bonchev–Trinajstić information content (AvgIpc) is 2.97. The Morgan fingerprint density at radius 3 is 2.70 bits per heavy atom. The summed E-state index contributed by atoms with van der Waals surface area (Å²) in [7, 11) is 0. The van der Waals surface area contributed by atoms with Crippen LogP contribution in [-0.2, 0) is 17.9 Å². The van der Waals surface area contributed by atoms with Crippen molar-refractivity contribution in [2.24, 2.45) is 0 Å². The Hall–Kier alpha value is -2.62. The minimum atomic E-state index is 0.0467. The van der Waals surface area contributed by atoms with Crippen LogP contribution in [0.5, 0.6) is 0 Å². The molecule has 3 aromatic rings. The molecule has 0 atom stereocenters. The highest BCUT2D eigenvalue weighted by molar-refractivity contribution is 5.82. The number of aryl methyl sites for hydroxylation is 3. The Balaban J connectivity index is 1.59. The first-order valence-corrected chi connectivity index (χ1v) is 7.87. The maximum atomic E-state index is 12.1. The number of carbonyl (C=O) groups is 1. The maximum Gasteiger partial charge on any atom is 0.222 e. The van der Waals surface area contributed by atoms with Crippen LogP contribution in [0, 0.1) is 13.8 Å². The molecule has 1 heterocycles. The Morgan fingerprint density at radius 2 is 1.87 bits per heavy atom. The van der Waals surface area contributed by atoms with E-state index in [0.29, 0.717) is 19.5 Å². The van der Waals surface area contributed by atoms with Gasteiger partial charge in [-0.25, -0.2) is 0 Å². The fraction of sp³-hybridized carbons (Fsp3) is 0.263. The highest BCUT2D eigenvalue weighted by Gasteiger charge is 2.08. The second-order valence-electron chi connectivity index (χ2n) is 5.83. The van der Waals surface area contributed by atoms with Gasteiger partial charge in [-0.3, -0.25) is 9.48 Å². The number of aromatic nitrogens is 2. The number of hydrogen-bond acceptors (Lipinski definition) is 2. The van der Waals surface area contributed by atoms with E-state index in [0.717, 1.165) is 16.5 Å². The van der Waals surface area contributed by atoms with E-state index < -0.39 is 0 Å². The van der Waals surface area contributed by atoms with Crippen molar-refractivity contribution in [1.29, 1.82) is 0 Å². The normalized spacial score (nSPS) is 10.9. The predicted octanol–water partition coefficient (Wildman–Crippen LogP) is 3.36. The van der Waals surface area contributed by atoms with Gasteiger partial charge in [-0.05, 0) is 30.5 Å². The standard InChI is InChI=1S/C19H21N3O/c1-14-6-3-4-8-16(14)12-20-18(23)10-11-22-19-15(2)7-5-9-17(19)13-21-22/h3-9,13H,10-12H2,1-2H3,(H,20,23). The molecule has 23 heavy (non-hydrogen) atoms. The summed E-state index contributed by atoms with van der Waals surface area (Å²) >= 11 is 0. The molecule has 0 aliphatic rings. The predicted molar refractivity (Wildman–Crippen MR) is 92.1 cm³/mol. The number of benzene rings is 2. The summed E-state index contributed by atoms with van der Waals surface area (Å²) in [6, 6.07) is 14.2. The molecular weight excluding hydrogens is 286 g/mol. The maximum absolute atomic E-state index is 12.1. The minimum absolute atomic E-state index is 0.0467. The zero-order valence-electron chi connectivity index (χ0n) is 13.5. The van der Waals surface area contributed by atoms with Gasteiger partial charge < -0.3 is 5.32 Å². The molecule has 3 rings (SSSR count). The van der Waals surface area contributed by atoms with Gasteiger partial charge in [0.2, 0.25) is 5.91 Å². The van der Waals surface area contributed by atoms with E-state index in [4.69, 9.17) is 0 Å². The molecule has 0 unspecified atom stereocenters. The van der Waals surface area contributed by atoms with Crippen LogP contribution in [0.25, 0.3) is 10.9 Å². The fourth-order valence-corrected chi connectivity index (χ4v) is 2.80. The molecule has 0 aliphatic carbocycles. The van der Waals surface area contributed by atoms with Gasteiger partial charge in [0.15, 0.2) is 0 Å². The molecule has 0 aliphatic heterocycles. The number of hydrogen-bond donors (Lipinski definition) is 1. The first kappa shape index (κ1) is 15.3. The van der Waals surface area contributed by atoms with Crippen LogP contribution in [0.2, 0.25) is 0 Å². The van der Waals surface area contributed by atoms with Crippen molar-refractivity contribution in [2.45, 2.75) is 33.4 Å². The number of nitrogens with one attached hydrogen (secondary N) is 1. The average molecular weight is 307 g/mol. The Labute approximate surface area is 136 Å². The Kier molecular flexibility index (Phi) is 4.42. The number of para-hydroxylation sites is 1. The minimum Gasteiger partial charge on any atom is -0.352 e. The van der Waals surface area contributed by atoms with Gasteiger partial charge in [-0.15, -0.1) is 0 Å². The van der Waals surface area contributed by atoms with Crippen molar-refractivity contribution in [2.75, 3.05) is 0 Å². The lowest BCUT2D eigenvalue weighted by atomic mass is 10.1. The third-order valence-electron chi connectivity index (χ3n) is 4.15. The van der Waals surface area contributed by atoms with E-state index in [-0.39, 0.29) is 5.91 Å². The molecule has 4 nitrogen and oxygen atoms in total. The van der Waals surface area contributed by atoms with Crippen LogP contribution in [-0.4, -0.2) is 15.7 Å². The molecule has 1 amide bonds. The molecule has 1 aromatic heterocycles. The van der Waals surface area contributed by atoms with Gasteiger partial charge in [0, 0.05) is 18.4 Å². The van der Waals surface area contributed by atoms with Crippen molar-refractivity contribution in [1.82, 2.24) is 15.1 Å². The number of nitrogens with zero attached hydrogens (tertiary/aromatic N) is 2. The molecule has 0 saturated carbocycles. The molecule has 0 fully saturated rings. The van der Waals surface area contributed by atoms with Crippen LogP contribution < -0.4 is 5.32 Å². The van der Waals surface area contributed by atoms with Gasteiger partial charge in [-0.2, -0.15) is 5.10 Å². The second-order valence-corrected chi connectivity index (χ2v) is 5.83. The zero-order valence-corrected chi connectivity index (χ0v) is 13.5. The van der Waals surface area contributed by atoms with Crippen molar-refractivity contribution in [3.63, 3.8) is 0 Å². The molecule has 0 spiro atoms. The van der Waals surface area contributed by atoms with Gasteiger partial charge in [0.05, 0.1) is 18.3 Å². The largest absolute Gasteiger partial charge is 0.352 e. The Morgan fingerprint density at radius 1 is 1.09 bits per heavy atom. The summed E-state index contributed by atoms with van der Waals surface area (Å²) in [6.45, 7) is 5.29. The van der Waals surface area contributed by atoms with E-state index in [1.54, 1.807) is 0 Å². The summed E-state index contributed by atoms with van der Waals surface area (Å²) in [5.41, 5.74) is 4.64. The highest BCUT2D eigenvalue weighted by atomic mass is 16.1.